The quantitative estimate of drug-likeness (QED) is 0.821. The molecule has 0 atom stereocenters. The van der Waals surface area contributed by atoms with Crippen molar-refractivity contribution in [2.45, 2.75) is 57.5 Å². The molecule has 0 amide bonds. The van der Waals surface area contributed by atoms with Crippen molar-refractivity contribution >= 4 is 0 Å². The average molecular weight is 218 g/mol. The first-order chi connectivity index (χ1) is 7.68. The molecule has 0 aliphatic heterocycles. The van der Waals surface area contributed by atoms with Gasteiger partial charge in [-0.05, 0) is 38.2 Å². The van der Waals surface area contributed by atoms with Crippen molar-refractivity contribution in [2.75, 3.05) is 0 Å². The molecule has 88 valence electrons. The molecular weight excluding hydrogens is 196 g/mol. The Morgan fingerprint density at radius 1 is 1.19 bits per heavy atom. The average Bonchev–Trinajstić information content (AvgIpc) is 2.28. The summed E-state index contributed by atoms with van der Waals surface area (Å²) < 4.78 is 0. The highest BCUT2D eigenvalue weighted by molar-refractivity contribution is 5.22. The zero-order chi connectivity index (χ0) is 11.4. The second kappa shape index (κ2) is 5.01. The minimum Gasteiger partial charge on any atom is -0.390 e. The number of aliphatic hydroxyl groups is 1. The van der Waals surface area contributed by atoms with Crippen LogP contribution in [-0.4, -0.2) is 10.7 Å². The Morgan fingerprint density at radius 2 is 1.94 bits per heavy atom. The van der Waals surface area contributed by atoms with Crippen molar-refractivity contribution < 1.29 is 5.11 Å². The third-order valence-electron chi connectivity index (χ3n) is 3.75. The van der Waals surface area contributed by atoms with Crippen LogP contribution in [0.4, 0.5) is 0 Å². The van der Waals surface area contributed by atoms with Gasteiger partial charge in [0.25, 0.3) is 0 Å². The predicted molar refractivity (Wildman–Crippen MR) is 67.5 cm³/mol. The van der Waals surface area contributed by atoms with Gasteiger partial charge in [-0.25, -0.2) is 0 Å². The maximum atomic E-state index is 10.4. The fourth-order valence-electron chi connectivity index (χ4n) is 2.70. The molecular formula is C15H22O. The molecule has 1 N–H and O–H groups in total. The lowest BCUT2D eigenvalue weighted by Crippen LogP contribution is -2.31. The monoisotopic (exact) mass is 218 g/mol. The van der Waals surface area contributed by atoms with E-state index < -0.39 is 0 Å². The number of hydrogen-bond acceptors (Lipinski definition) is 1. The fraction of sp³-hybridized carbons (Fsp3) is 0.600. The molecule has 1 aliphatic carbocycles. The molecule has 16 heavy (non-hydrogen) atoms. The molecule has 1 heteroatoms. The van der Waals surface area contributed by atoms with Gasteiger partial charge in [0.05, 0.1) is 5.60 Å². The minimum absolute atomic E-state index is 0.373. The van der Waals surface area contributed by atoms with E-state index in [1.807, 2.05) is 0 Å². The highest BCUT2D eigenvalue weighted by Gasteiger charge is 2.28. The molecule has 0 bridgehead atoms. The van der Waals surface area contributed by atoms with Gasteiger partial charge in [-0.2, -0.15) is 0 Å². The SMILES string of the molecule is Cc1cccc(CCC2(O)CCCCC2)c1. The molecule has 1 aromatic carbocycles. The van der Waals surface area contributed by atoms with Gasteiger partial charge >= 0.3 is 0 Å². The lowest BCUT2D eigenvalue weighted by Gasteiger charge is -2.32. The van der Waals surface area contributed by atoms with Gasteiger partial charge in [0, 0.05) is 0 Å². The van der Waals surface area contributed by atoms with E-state index in [1.54, 1.807) is 0 Å². The predicted octanol–water partition coefficient (Wildman–Crippen LogP) is 3.62. The van der Waals surface area contributed by atoms with Crippen LogP contribution in [0.25, 0.3) is 0 Å². The number of aryl methyl sites for hydroxylation is 2. The molecule has 0 saturated heterocycles. The molecule has 1 saturated carbocycles. The van der Waals surface area contributed by atoms with Crippen LogP contribution < -0.4 is 0 Å². The Bertz CT molecular complexity index is 337. The number of hydrogen-bond donors (Lipinski definition) is 1. The summed E-state index contributed by atoms with van der Waals surface area (Å²) in [4.78, 5) is 0. The van der Waals surface area contributed by atoms with E-state index in [4.69, 9.17) is 0 Å². The normalized spacial score (nSPS) is 19.6. The first-order valence-corrected chi connectivity index (χ1v) is 6.46. The standard InChI is InChI=1S/C15H22O/c1-13-6-5-7-14(12-13)8-11-15(16)9-3-2-4-10-15/h5-7,12,16H,2-4,8-11H2,1H3. The van der Waals surface area contributed by atoms with Crippen molar-refractivity contribution in [3.8, 4) is 0 Å². The molecule has 0 heterocycles. The molecule has 0 aromatic heterocycles. The molecule has 1 nitrogen and oxygen atoms in total. The van der Waals surface area contributed by atoms with E-state index in [0.717, 1.165) is 25.7 Å². The minimum atomic E-state index is -0.373. The van der Waals surface area contributed by atoms with E-state index in [0.29, 0.717) is 0 Å². The van der Waals surface area contributed by atoms with E-state index in [-0.39, 0.29) is 5.60 Å². The number of rotatable bonds is 3. The van der Waals surface area contributed by atoms with Crippen LogP contribution in [0.3, 0.4) is 0 Å². The van der Waals surface area contributed by atoms with Crippen LogP contribution in [0.2, 0.25) is 0 Å². The first-order valence-electron chi connectivity index (χ1n) is 6.46. The Hall–Kier alpha value is -0.820. The Morgan fingerprint density at radius 3 is 2.62 bits per heavy atom. The highest BCUT2D eigenvalue weighted by atomic mass is 16.3. The van der Waals surface area contributed by atoms with Gasteiger partial charge in [0.15, 0.2) is 0 Å². The maximum Gasteiger partial charge on any atom is 0.0651 e. The van der Waals surface area contributed by atoms with Crippen molar-refractivity contribution in [2.24, 2.45) is 0 Å². The summed E-state index contributed by atoms with van der Waals surface area (Å²) in [5.41, 5.74) is 2.30. The summed E-state index contributed by atoms with van der Waals surface area (Å²) in [5, 5.41) is 10.4. The third-order valence-corrected chi connectivity index (χ3v) is 3.75. The lowest BCUT2D eigenvalue weighted by atomic mass is 9.81. The second-order valence-corrected chi connectivity index (χ2v) is 5.27. The zero-order valence-electron chi connectivity index (χ0n) is 10.2. The smallest absolute Gasteiger partial charge is 0.0651 e. The summed E-state index contributed by atoms with van der Waals surface area (Å²) in [5.74, 6) is 0. The van der Waals surface area contributed by atoms with E-state index in [1.165, 1.54) is 30.4 Å². The molecule has 1 fully saturated rings. The van der Waals surface area contributed by atoms with Gasteiger partial charge in [-0.3, -0.25) is 0 Å². The summed E-state index contributed by atoms with van der Waals surface area (Å²) in [6.45, 7) is 2.12. The maximum absolute atomic E-state index is 10.4. The van der Waals surface area contributed by atoms with Crippen LogP contribution in [0.1, 0.15) is 49.7 Å². The number of benzene rings is 1. The molecule has 1 aromatic rings. The van der Waals surface area contributed by atoms with Crippen molar-refractivity contribution in [3.05, 3.63) is 35.4 Å². The van der Waals surface area contributed by atoms with E-state index in [9.17, 15) is 5.11 Å². The summed E-state index contributed by atoms with van der Waals surface area (Å²) in [7, 11) is 0. The van der Waals surface area contributed by atoms with Crippen LogP contribution in [0, 0.1) is 6.92 Å². The van der Waals surface area contributed by atoms with Crippen molar-refractivity contribution in [1.82, 2.24) is 0 Å². The molecule has 1 aliphatic rings. The molecule has 0 radical (unpaired) electrons. The van der Waals surface area contributed by atoms with Crippen LogP contribution in [0.5, 0.6) is 0 Å². The van der Waals surface area contributed by atoms with Crippen LogP contribution in [0.15, 0.2) is 24.3 Å². The Kier molecular flexibility index (Phi) is 3.65. The first kappa shape index (κ1) is 11.7. The lowest BCUT2D eigenvalue weighted by molar-refractivity contribution is -0.00342. The molecule has 0 spiro atoms. The zero-order valence-corrected chi connectivity index (χ0v) is 10.2. The van der Waals surface area contributed by atoms with Gasteiger partial charge in [-0.15, -0.1) is 0 Å². The summed E-state index contributed by atoms with van der Waals surface area (Å²) in [6, 6.07) is 8.62. The second-order valence-electron chi connectivity index (χ2n) is 5.27. The van der Waals surface area contributed by atoms with Crippen LogP contribution >= 0.6 is 0 Å². The van der Waals surface area contributed by atoms with Crippen molar-refractivity contribution in [3.63, 3.8) is 0 Å². The van der Waals surface area contributed by atoms with Gasteiger partial charge < -0.3 is 5.11 Å². The van der Waals surface area contributed by atoms with Gasteiger partial charge in [-0.1, -0.05) is 49.1 Å². The molecule has 0 unspecified atom stereocenters. The Balaban J connectivity index is 1.91. The largest absolute Gasteiger partial charge is 0.390 e. The Labute approximate surface area is 98.5 Å². The van der Waals surface area contributed by atoms with Crippen LogP contribution in [-0.2, 0) is 6.42 Å². The van der Waals surface area contributed by atoms with Gasteiger partial charge in [0.1, 0.15) is 0 Å². The molecule has 2 rings (SSSR count). The van der Waals surface area contributed by atoms with Crippen molar-refractivity contribution in [1.29, 1.82) is 0 Å². The van der Waals surface area contributed by atoms with E-state index in [2.05, 4.69) is 31.2 Å². The van der Waals surface area contributed by atoms with Gasteiger partial charge in [0.2, 0.25) is 0 Å². The topological polar surface area (TPSA) is 20.2 Å². The highest BCUT2D eigenvalue weighted by Crippen LogP contribution is 2.31. The summed E-state index contributed by atoms with van der Waals surface area (Å²) >= 11 is 0. The fourth-order valence-corrected chi connectivity index (χ4v) is 2.70. The summed E-state index contributed by atoms with van der Waals surface area (Å²) in [6.07, 6.45) is 7.63. The third kappa shape index (κ3) is 3.08. The van der Waals surface area contributed by atoms with E-state index >= 15 is 0 Å².